The summed E-state index contributed by atoms with van der Waals surface area (Å²) >= 11 is 6.07. The highest BCUT2D eigenvalue weighted by Crippen LogP contribution is 2.35. The van der Waals surface area contributed by atoms with E-state index in [1.807, 2.05) is 6.07 Å². The minimum atomic E-state index is -0.417. The molecular weight excluding hydrogens is 292 g/mol. The van der Waals surface area contributed by atoms with Crippen molar-refractivity contribution in [1.82, 2.24) is 0 Å². The standard InChI is InChI=1S/C16H15ClO4/c1-19-14-9-8-13(17)15(20-2)12(14)10-21-16(18)11-6-4-3-5-7-11/h3-9H,10H2,1-2H3. The van der Waals surface area contributed by atoms with Crippen LogP contribution in [0, 0.1) is 0 Å². The number of methoxy groups -OCH3 is 2. The number of esters is 1. The summed E-state index contributed by atoms with van der Waals surface area (Å²) in [6.45, 7) is 0.0145. The van der Waals surface area contributed by atoms with Crippen LogP contribution in [0.4, 0.5) is 0 Å². The molecule has 0 radical (unpaired) electrons. The summed E-state index contributed by atoms with van der Waals surface area (Å²) in [5, 5.41) is 0.434. The lowest BCUT2D eigenvalue weighted by atomic mass is 10.2. The summed E-state index contributed by atoms with van der Waals surface area (Å²) in [5.74, 6) is 0.577. The molecule has 2 rings (SSSR count). The van der Waals surface area contributed by atoms with Gasteiger partial charge in [-0.1, -0.05) is 29.8 Å². The number of hydrogen-bond donors (Lipinski definition) is 0. The number of carbonyl (C=O) groups excluding carboxylic acids is 1. The second kappa shape index (κ2) is 6.99. The number of benzene rings is 2. The molecule has 21 heavy (non-hydrogen) atoms. The van der Waals surface area contributed by atoms with Gasteiger partial charge >= 0.3 is 5.97 Å². The molecule has 4 nitrogen and oxygen atoms in total. The van der Waals surface area contributed by atoms with E-state index in [1.54, 1.807) is 36.4 Å². The number of hydrogen-bond acceptors (Lipinski definition) is 4. The molecule has 2 aromatic carbocycles. The Morgan fingerprint density at radius 2 is 1.76 bits per heavy atom. The zero-order valence-electron chi connectivity index (χ0n) is 11.8. The molecule has 0 bridgehead atoms. The minimum Gasteiger partial charge on any atom is -0.496 e. The average molecular weight is 307 g/mol. The van der Waals surface area contributed by atoms with E-state index in [-0.39, 0.29) is 6.61 Å². The van der Waals surface area contributed by atoms with Crippen LogP contribution in [-0.4, -0.2) is 20.2 Å². The largest absolute Gasteiger partial charge is 0.496 e. The van der Waals surface area contributed by atoms with Crippen LogP contribution < -0.4 is 9.47 Å². The molecule has 0 fully saturated rings. The summed E-state index contributed by atoms with van der Waals surface area (Å²) in [4.78, 5) is 12.0. The van der Waals surface area contributed by atoms with Gasteiger partial charge < -0.3 is 14.2 Å². The highest BCUT2D eigenvalue weighted by molar-refractivity contribution is 6.32. The van der Waals surface area contributed by atoms with Gasteiger partial charge in [0.25, 0.3) is 0 Å². The first-order chi connectivity index (χ1) is 10.2. The van der Waals surface area contributed by atoms with Gasteiger partial charge in [-0.3, -0.25) is 0 Å². The van der Waals surface area contributed by atoms with E-state index in [4.69, 9.17) is 25.8 Å². The monoisotopic (exact) mass is 306 g/mol. The van der Waals surface area contributed by atoms with Gasteiger partial charge in [0, 0.05) is 0 Å². The van der Waals surface area contributed by atoms with Gasteiger partial charge in [-0.15, -0.1) is 0 Å². The first kappa shape index (κ1) is 15.2. The van der Waals surface area contributed by atoms with Crippen molar-refractivity contribution in [3.63, 3.8) is 0 Å². The van der Waals surface area contributed by atoms with Crippen molar-refractivity contribution >= 4 is 17.6 Å². The third-order valence-corrected chi connectivity index (χ3v) is 3.25. The second-order valence-electron chi connectivity index (χ2n) is 4.20. The Morgan fingerprint density at radius 1 is 1.05 bits per heavy atom. The predicted octanol–water partition coefficient (Wildman–Crippen LogP) is 3.71. The van der Waals surface area contributed by atoms with Gasteiger partial charge in [-0.05, 0) is 24.3 Å². The van der Waals surface area contributed by atoms with Crippen molar-refractivity contribution in [2.75, 3.05) is 14.2 Å². The Morgan fingerprint density at radius 3 is 2.38 bits per heavy atom. The maximum Gasteiger partial charge on any atom is 0.338 e. The highest BCUT2D eigenvalue weighted by atomic mass is 35.5. The lowest BCUT2D eigenvalue weighted by molar-refractivity contribution is 0.0467. The molecule has 0 aliphatic carbocycles. The first-order valence-corrected chi connectivity index (χ1v) is 6.66. The molecule has 0 saturated carbocycles. The van der Waals surface area contributed by atoms with E-state index in [0.717, 1.165) is 0 Å². The maximum absolute atomic E-state index is 12.0. The molecule has 0 atom stereocenters. The third kappa shape index (κ3) is 3.47. The number of ether oxygens (including phenoxy) is 3. The van der Waals surface area contributed by atoms with Gasteiger partial charge in [-0.25, -0.2) is 4.79 Å². The molecule has 0 unspecified atom stereocenters. The van der Waals surface area contributed by atoms with E-state index < -0.39 is 5.97 Å². The van der Waals surface area contributed by atoms with Crippen LogP contribution in [0.5, 0.6) is 11.5 Å². The zero-order chi connectivity index (χ0) is 15.2. The first-order valence-electron chi connectivity index (χ1n) is 6.29. The van der Waals surface area contributed by atoms with Crippen molar-refractivity contribution < 1.29 is 19.0 Å². The van der Waals surface area contributed by atoms with Gasteiger partial charge in [-0.2, -0.15) is 0 Å². The average Bonchev–Trinajstić information content (AvgIpc) is 2.53. The van der Waals surface area contributed by atoms with Crippen LogP contribution in [0.2, 0.25) is 5.02 Å². The van der Waals surface area contributed by atoms with Crippen molar-refractivity contribution in [3.05, 3.63) is 58.6 Å². The van der Waals surface area contributed by atoms with Crippen LogP contribution in [0.1, 0.15) is 15.9 Å². The van der Waals surface area contributed by atoms with Crippen molar-refractivity contribution in [2.45, 2.75) is 6.61 Å². The van der Waals surface area contributed by atoms with Crippen molar-refractivity contribution in [3.8, 4) is 11.5 Å². The Balaban J connectivity index is 2.20. The highest BCUT2D eigenvalue weighted by Gasteiger charge is 2.16. The summed E-state index contributed by atoms with van der Waals surface area (Å²) < 4.78 is 15.8. The Hall–Kier alpha value is -2.20. The van der Waals surface area contributed by atoms with Crippen LogP contribution in [0.25, 0.3) is 0 Å². The van der Waals surface area contributed by atoms with Crippen molar-refractivity contribution in [2.24, 2.45) is 0 Å². The van der Waals surface area contributed by atoms with E-state index >= 15 is 0 Å². The molecular formula is C16H15ClO4. The summed E-state index contributed by atoms with van der Waals surface area (Å²) in [6.07, 6.45) is 0. The normalized spacial score (nSPS) is 10.0. The van der Waals surface area contributed by atoms with Crippen LogP contribution >= 0.6 is 11.6 Å². The summed E-state index contributed by atoms with van der Waals surface area (Å²) in [7, 11) is 3.04. The lowest BCUT2D eigenvalue weighted by Gasteiger charge is -2.14. The minimum absolute atomic E-state index is 0.0145. The smallest absolute Gasteiger partial charge is 0.338 e. The molecule has 5 heteroatoms. The van der Waals surface area contributed by atoms with Crippen molar-refractivity contribution in [1.29, 1.82) is 0 Å². The van der Waals surface area contributed by atoms with Gasteiger partial charge in [0.15, 0.2) is 0 Å². The van der Waals surface area contributed by atoms with Crippen LogP contribution in [0.15, 0.2) is 42.5 Å². The van der Waals surface area contributed by atoms with E-state index in [1.165, 1.54) is 14.2 Å². The molecule has 0 heterocycles. The Labute approximate surface area is 128 Å². The van der Waals surface area contributed by atoms with Gasteiger partial charge in [0.05, 0.1) is 30.4 Å². The van der Waals surface area contributed by atoms with E-state index in [9.17, 15) is 4.79 Å². The summed E-state index contributed by atoms with van der Waals surface area (Å²) in [6, 6.07) is 12.1. The topological polar surface area (TPSA) is 44.8 Å². The quantitative estimate of drug-likeness (QED) is 0.790. The number of carbonyl (C=O) groups is 1. The lowest BCUT2D eigenvalue weighted by Crippen LogP contribution is -2.07. The van der Waals surface area contributed by atoms with E-state index in [2.05, 4.69) is 0 Å². The maximum atomic E-state index is 12.0. The zero-order valence-corrected chi connectivity index (χ0v) is 12.5. The van der Waals surface area contributed by atoms with Gasteiger partial charge in [0.2, 0.25) is 0 Å². The fourth-order valence-corrected chi connectivity index (χ4v) is 2.18. The molecule has 2 aromatic rings. The SMILES string of the molecule is COc1ccc(Cl)c(OC)c1COC(=O)c1ccccc1. The predicted molar refractivity (Wildman–Crippen MR) is 80.1 cm³/mol. The second-order valence-corrected chi connectivity index (χ2v) is 4.61. The molecule has 0 N–H and O–H groups in total. The molecule has 0 saturated heterocycles. The molecule has 0 amide bonds. The third-order valence-electron chi connectivity index (χ3n) is 2.95. The molecule has 0 aromatic heterocycles. The molecule has 0 aliphatic rings. The molecule has 0 spiro atoms. The molecule has 0 aliphatic heterocycles. The van der Waals surface area contributed by atoms with Crippen LogP contribution in [0.3, 0.4) is 0 Å². The fourth-order valence-electron chi connectivity index (χ4n) is 1.93. The number of halogens is 1. The number of rotatable bonds is 5. The van der Waals surface area contributed by atoms with Gasteiger partial charge in [0.1, 0.15) is 18.1 Å². The molecule has 110 valence electrons. The fraction of sp³-hybridized carbons (Fsp3) is 0.188. The Kier molecular flexibility index (Phi) is 5.06. The van der Waals surface area contributed by atoms with Crippen LogP contribution in [-0.2, 0) is 11.3 Å². The summed E-state index contributed by atoms with van der Waals surface area (Å²) in [5.41, 5.74) is 1.08. The Bertz CT molecular complexity index is 626. The van der Waals surface area contributed by atoms with E-state index in [0.29, 0.717) is 27.6 Å².